The van der Waals surface area contributed by atoms with E-state index in [4.69, 9.17) is 4.74 Å². The minimum absolute atomic E-state index is 0.0746. The van der Waals surface area contributed by atoms with Gasteiger partial charge in [-0.3, -0.25) is 4.79 Å². The zero-order valence-electron chi connectivity index (χ0n) is 12.0. The van der Waals surface area contributed by atoms with Crippen LogP contribution in [0, 0.1) is 6.92 Å². The molecular formula is C15H17BrN2O2. The third-order valence-corrected chi connectivity index (χ3v) is 3.77. The average Bonchev–Trinajstić information content (AvgIpc) is 2.37. The number of benzene rings is 1. The molecule has 1 heterocycles. The fourth-order valence-corrected chi connectivity index (χ4v) is 2.77. The lowest BCUT2D eigenvalue weighted by atomic mass is 10.0. The predicted octanol–water partition coefficient (Wildman–Crippen LogP) is 3.64. The van der Waals surface area contributed by atoms with Gasteiger partial charge < -0.3 is 9.72 Å². The summed E-state index contributed by atoms with van der Waals surface area (Å²) in [5.41, 5.74) is 2.27. The first kappa shape index (κ1) is 14.8. The molecule has 1 N–H and O–H groups in total. The van der Waals surface area contributed by atoms with Crippen LogP contribution in [0.5, 0.6) is 5.75 Å². The Morgan fingerprint density at radius 2 is 2.05 bits per heavy atom. The van der Waals surface area contributed by atoms with E-state index in [1.54, 1.807) is 7.11 Å². The van der Waals surface area contributed by atoms with E-state index in [0.717, 1.165) is 27.0 Å². The van der Waals surface area contributed by atoms with Gasteiger partial charge in [0.1, 0.15) is 11.6 Å². The molecule has 4 nitrogen and oxygen atoms in total. The predicted molar refractivity (Wildman–Crippen MR) is 83.4 cm³/mol. The molecule has 0 aliphatic heterocycles. The van der Waals surface area contributed by atoms with Crippen LogP contribution in [0.2, 0.25) is 0 Å². The van der Waals surface area contributed by atoms with Gasteiger partial charge in [0, 0.05) is 16.8 Å². The molecule has 0 saturated carbocycles. The highest BCUT2D eigenvalue weighted by Crippen LogP contribution is 2.29. The van der Waals surface area contributed by atoms with E-state index in [-0.39, 0.29) is 11.5 Å². The first-order valence-electron chi connectivity index (χ1n) is 6.38. The molecule has 0 bridgehead atoms. The SMILES string of the molecule is COc1ccc(-c2nc(C)c(C(C)C)c(=O)[nH]2)cc1Br. The second-order valence-corrected chi connectivity index (χ2v) is 5.77. The number of halogens is 1. The van der Waals surface area contributed by atoms with Gasteiger partial charge in [-0.15, -0.1) is 0 Å². The van der Waals surface area contributed by atoms with Crippen molar-refractivity contribution in [2.75, 3.05) is 7.11 Å². The normalized spacial score (nSPS) is 10.9. The minimum Gasteiger partial charge on any atom is -0.496 e. The van der Waals surface area contributed by atoms with Crippen LogP contribution in [0.15, 0.2) is 27.5 Å². The Hall–Kier alpha value is -1.62. The number of hydrogen-bond donors (Lipinski definition) is 1. The van der Waals surface area contributed by atoms with Crippen LogP contribution in [0.4, 0.5) is 0 Å². The summed E-state index contributed by atoms with van der Waals surface area (Å²) < 4.78 is 6.02. The molecule has 0 aliphatic carbocycles. The Bertz CT molecular complexity index is 693. The number of nitrogens with zero attached hydrogens (tertiary/aromatic N) is 1. The second kappa shape index (κ2) is 5.79. The van der Waals surface area contributed by atoms with Crippen LogP contribution in [-0.2, 0) is 0 Å². The van der Waals surface area contributed by atoms with E-state index in [1.807, 2.05) is 39.0 Å². The molecule has 20 heavy (non-hydrogen) atoms. The molecule has 0 fully saturated rings. The van der Waals surface area contributed by atoms with E-state index in [0.29, 0.717) is 5.82 Å². The van der Waals surface area contributed by atoms with Gasteiger partial charge >= 0.3 is 0 Å². The molecule has 0 radical (unpaired) electrons. The first-order chi connectivity index (χ1) is 9.43. The number of aromatic amines is 1. The van der Waals surface area contributed by atoms with Crippen LogP contribution in [-0.4, -0.2) is 17.1 Å². The van der Waals surface area contributed by atoms with Crippen LogP contribution >= 0.6 is 15.9 Å². The zero-order valence-corrected chi connectivity index (χ0v) is 13.5. The van der Waals surface area contributed by atoms with Crippen molar-refractivity contribution in [2.24, 2.45) is 0 Å². The highest BCUT2D eigenvalue weighted by Gasteiger charge is 2.13. The molecule has 0 aliphatic rings. The Labute approximate surface area is 126 Å². The molecule has 106 valence electrons. The molecule has 1 aromatic heterocycles. The van der Waals surface area contributed by atoms with Crippen LogP contribution < -0.4 is 10.3 Å². The molecule has 5 heteroatoms. The van der Waals surface area contributed by atoms with Gasteiger partial charge in [0.05, 0.1) is 11.6 Å². The summed E-state index contributed by atoms with van der Waals surface area (Å²) in [4.78, 5) is 19.5. The van der Waals surface area contributed by atoms with E-state index in [2.05, 4.69) is 25.9 Å². The Balaban J connectivity index is 2.54. The summed E-state index contributed by atoms with van der Waals surface area (Å²) in [6.45, 7) is 5.85. The van der Waals surface area contributed by atoms with E-state index in [1.165, 1.54) is 0 Å². The maximum absolute atomic E-state index is 12.2. The van der Waals surface area contributed by atoms with Crippen molar-refractivity contribution in [2.45, 2.75) is 26.7 Å². The summed E-state index contributed by atoms with van der Waals surface area (Å²) in [6.07, 6.45) is 0. The Morgan fingerprint density at radius 1 is 1.35 bits per heavy atom. The summed E-state index contributed by atoms with van der Waals surface area (Å²) in [5, 5.41) is 0. The monoisotopic (exact) mass is 336 g/mol. The number of ether oxygens (including phenoxy) is 1. The molecule has 0 saturated heterocycles. The van der Waals surface area contributed by atoms with E-state index in [9.17, 15) is 4.79 Å². The molecule has 0 spiro atoms. The first-order valence-corrected chi connectivity index (χ1v) is 7.18. The quantitative estimate of drug-likeness (QED) is 0.930. The minimum atomic E-state index is -0.0746. The highest BCUT2D eigenvalue weighted by atomic mass is 79.9. The topological polar surface area (TPSA) is 55.0 Å². The lowest BCUT2D eigenvalue weighted by molar-refractivity contribution is 0.412. The van der Waals surface area contributed by atoms with E-state index >= 15 is 0 Å². The highest BCUT2D eigenvalue weighted by molar-refractivity contribution is 9.10. The van der Waals surface area contributed by atoms with Crippen molar-refractivity contribution in [1.82, 2.24) is 9.97 Å². The third-order valence-electron chi connectivity index (χ3n) is 3.15. The van der Waals surface area contributed by atoms with Crippen LogP contribution in [0.1, 0.15) is 31.0 Å². The van der Waals surface area contributed by atoms with Crippen molar-refractivity contribution < 1.29 is 4.74 Å². The largest absolute Gasteiger partial charge is 0.496 e. The molecule has 0 atom stereocenters. The van der Waals surface area contributed by atoms with Crippen molar-refractivity contribution in [3.05, 3.63) is 44.3 Å². The summed E-state index contributed by atoms with van der Waals surface area (Å²) >= 11 is 3.43. The number of rotatable bonds is 3. The smallest absolute Gasteiger partial charge is 0.254 e. The maximum Gasteiger partial charge on any atom is 0.254 e. The zero-order chi connectivity index (χ0) is 14.9. The number of hydrogen-bond acceptors (Lipinski definition) is 3. The van der Waals surface area contributed by atoms with Gasteiger partial charge in [-0.2, -0.15) is 0 Å². The molecule has 0 unspecified atom stereocenters. The number of aryl methyl sites for hydroxylation is 1. The van der Waals surface area contributed by atoms with Gasteiger partial charge in [0.15, 0.2) is 0 Å². The number of aromatic nitrogens is 2. The van der Waals surface area contributed by atoms with Crippen molar-refractivity contribution in [3.63, 3.8) is 0 Å². The van der Waals surface area contributed by atoms with Gasteiger partial charge in [-0.1, -0.05) is 13.8 Å². The Kier molecular flexibility index (Phi) is 4.28. The molecule has 1 aromatic carbocycles. The van der Waals surface area contributed by atoms with Gasteiger partial charge in [-0.05, 0) is 47.0 Å². The lowest BCUT2D eigenvalue weighted by Gasteiger charge is -2.10. The van der Waals surface area contributed by atoms with Crippen LogP contribution in [0.25, 0.3) is 11.4 Å². The summed E-state index contributed by atoms with van der Waals surface area (Å²) in [5.74, 6) is 1.47. The van der Waals surface area contributed by atoms with Gasteiger partial charge in [0.2, 0.25) is 0 Å². The van der Waals surface area contributed by atoms with Gasteiger partial charge in [-0.25, -0.2) is 4.98 Å². The van der Waals surface area contributed by atoms with E-state index < -0.39 is 0 Å². The van der Waals surface area contributed by atoms with Gasteiger partial charge in [0.25, 0.3) is 5.56 Å². The summed E-state index contributed by atoms with van der Waals surface area (Å²) in [6, 6.07) is 5.59. The van der Waals surface area contributed by atoms with Crippen LogP contribution in [0.3, 0.4) is 0 Å². The standard InChI is InChI=1S/C15H17BrN2O2/c1-8(2)13-9(3)17-14(18-15(13)19)10-5-6-12(20-4)11(16)7-10/h5-8H,1-4H3,(H,17,18,19). The maximum atomic E-state index is 12.2. The average molecular weight is 337 g/mol. The number of H-pyrrole nitrogens is 1. The summed E-state index contributed by atoms with van der Waals surface area (Å²) in [7, 11) is 1.61. The molecule has 2 aromatic rings. The molecular weight excluding hydrogens is 320 g/mol. The number of nitrogens with one attached hydrogen (secondary N) is 1. The lowest BCUT2D eigenvalue weighted by Crippen LogP contribution is -2.18. The fraction of sp³-hybridized carbons (Fsp3) is 0.333. The molecule has 0 amide bonds. The Morgan fingerprint density at radius 3 is 2.55 bits per heavy atom. The second-order valence-electron chi connectivity index (χ2n) is 4.92. The van der Waals surface area contributed by atoms with Crippen molar-refractivity contribution in [3.8, 4) is 17.1 Å². The third kappa shape index (κ3) is 2.77. The number of methoxy groups -OCH3 is 1. The molecule has 2 rings (SSSR count). The van der Waals surface area contributed by atoms with Crippen molar-refractivity contribution >= 4 is 15.9 Å². The van der Waals surface area contributed by atoms with Crippen molar-refractivity contribution in [1.29, 1.82) is 0 Å². The fourth-order valence-electron chi connectivity index (χ4n) is 2.23.